The largest absolute Gasteiger partial charge is 0.478 e. The van der Waals surface area contributed by atoms with Gasteiger partial charge in [-0.15, -0.1) is 0 Å². The Morgan fingerprint density at radius 2 is 1.85 bits per heavy atom. The first-order chi connectivity index (χ1) is 9.49. The highest BCUT2D eigenvalue weighted by Crippen LogP contribution is 2.21. The molecule has 1 amide bonds. The first-order valence-corrected chi connectivity index (χ1v) is 6.26. The lowest BCUT2D eigenvalue weighted by atomic mass is 10.1. The molecule has 0 saturated carbocycles. The average Bonchev–Trinajstić information content (AvgIpc) is 2.42. The number of rotatable bonds is 3. The number of carbonyl (C=O) groups excluding carboxylic acids is 1. The second-order valence-corrected chi connectivity index (χ2v) is 4.65. The Bertz CT molecular complexity index is 683. The SMILES string of the molecule is Cc1cccc(C(=O)Nc2cccc(C(=O)O)c2)c1Cl. The molecule has 2 N–H and O–H groups in total. The molecule has 0 spiro atoms. The van der Waals surface area contributed by atoms with Gasteiger partial charge in [0, 0.05) is 5.69 Å². The van der Waals surface area contributed by atoms with E-state index in [-0.39, 0.29) is 11.5 Å². The van der Waals surface area contributed by atoms with Crippen LogP contribution in [0.25, 0.3) is 0 Å². The minimum absolute atomic E-state index is 0.109. The van der Waals surface area contributed by atoms with E-state index >= 15 is 0 Å². The number of anilines is 1. The summed E-state index contributed by atoms with van der Waals surface area (Å²) in [5, 5.41) is 11.9. The number of aryl methyl sites for hydroxylation is 1. The number of carboxylic acid groups (broad SMARTS) is 1. The molecule has 2 aromatic rings. The average molecular weight is 290 g/mol. The zero-order chi connectivity index (χ0) is 14.7. The van der Waals surface area contributed by atoms with E-state index in [4.69, 9.17) is 16.7 Å². The first-order valence-electron chi connectivity index (χ1n) is 5.89. The number of halogens is 1. The summed E-state index contributed by atoms with van der Waals surface area (Å²) in [6.45, 7) is 1.81. The van der Waals surface area contributed by atoms with Gasteiger partial charge in [-0.3, -0.25) is 4.79 Å². The third-order valence-corrected chi connectivity index (χ3v) is 3.31. The van der Waals surface area contributed by atoms with E-state index in [0.717, 1.165) is 5.56 Å². The smallest absolute Gasteiger partial charge is 0.335 e. The summed E-state index contributed by atoms with van der Waals surface area (Å²) >= 11 is 6.08. The van der Waals surface area contributed by atoms with Crippen molar-refractivity contribution in [1.82, 2.24) is 0 Å². The van der Waals surface area contributed by atoms with Gasteiger partial charge in [0.15, 0.2) is 0 Å². The Labute approximate surface area is 121 Å². The molecule has 0 radical (unpaired) electrons. The number of benzene rings is 2. The number of hydrogen-bond acceptors (Lipinski definition) is 2. The van der Waals surface area contributed by atoms with Crippen LogP contribution in [0.5, 0.6) is 0 Å². The lowest BCUT2D eigenvalue weighted by molar-refractivity contribution is 0.0696. The highest BCUT2D eigenvalue weighted by atomic mass is 35.5. The van der Waals surface area contributed by atoms with Gasteiger partial charge < -0.3 is 10.4 Å². The van der Waals surface area contributed by atoms with Gasteiger partial charge in [-0.25, -0.2) is 4.79 Å². The number of carbonyl (C=O) groups is 2. The summed E-state index contributed by atoms with van der Waals surface area (Å²) in [6.07, 6.45) is 0. The zero-order valence-electron chi connectivity index (χ0n) is 10.7. The molecule has 20 heavy (non-hydrogen) atoms. The van der Waals surface area contributed by atoms with E-state index in [9.17, 15) is 9.59 Å². The molecule has 0 aliphatic carbocycles. The maximum atomic E-state index is 12.1. The van der Waals surface area contributed by atoms with Crippen molar-refractivity contribution < 1.29 is 14.7 Å². The van der Waals surface area contributed by atoms with E-state index in [1.54, 1.807) is 24.3 Å². The lowest BCUT2D eigenvalue weighted by Gasteiger charge is -2.08. The number of nitrogens with one attached hydrogen (secondary N) is 1. The fraction of sp³-hybridized carbons (Fsp3) is 0.0667. The van der Waals surface area contributed by atoms with Crippen molar-refractivity contribution in [3.63, 3.8) is 0 Å². The maximum Gasteiger partial charge on any atom is 0.335 e. The van der Waals surface area contributed by atoms with E-state index in [1.165, 1.54) is 12.1 Å². The monoisotopic (exact) mass is 289 g/mol. The number of amides is 1. The Morgan fingerprint density at radius 1 is 1.15 bits per heavy atom. The molecule has 2 aromatic carbocycles. The minimum atomic E-state index is -1.05. The molecule has 4 nitrogen and oxygen atoms in total. The van der Waals surface area contributed by atoms with Crippen molar-refractivity contribution in [2.45, 2.75) is 6.92 Å². The van der Waals surface area contributed by atoms with Crippen LogP contribution in [0.2, 0.25) is 5.02 Å². The standard InChI is InChI=1S/C15H12ClNO3/c1-9-4-2-7-12(13(9)16)14(18)17-11-6-3-5-10(8-11)15(19)20/h2-8H,1H3,(H,17,18)(H,19,20). The molecule has 102 valence electrons. The summed E-state index contributed by atoms with van der Waals surface area (Å²) in [4.78, 5) is 23.0. The molecular weight excluding hydrogens is 278 g/mol. The maximum absolute atomic E-state index is 12.1. The molecule has 5 heteroatoms. The van der Waals surface area contributed by atoms with Crippen LogP contribution in [0.15, 0.2) is 42.5 Å². The molecule has 0 saturated heterocycles. The van der Waals surface area contributed by atoms with E-state index in [2.05, 4.69) is 5.32 Å². The highest BCUT2D eigenvalue weighted by Gasteiger charge is 2.12. The quantitative estimate of drug-likeness (QED) is 0.907. The van der Waals surface area contributed by atoms with Crippen molar-refractivity contribution in [2.75, 3.05) is 5.32 Å². The second-order valence-electron chi connectivity index (χ2n) is 4.28. The second kappa shape index (κ2) is 5.75. The Balaban J connectivity index is 2.26. The molecule has 0 unspecified atom stereocenters. The fourth-order valence-corrected chi connectivity index (χ4v) is 1.96. The van der Waals surface area contributed by atoms with Crippen molar-refractivity contribution in [2.24, 2.45) is 0 Å². The summed E-state index contributed by atoms with van der Waals surface area (Å²) in [6, 6.07) is 11.2. The van der Waals surface area contributed by atoms with Crippen LogP contribution in [0.3, 0.4) is 0 Å². The van der Waals surface area contributed by atoms with E-state index in [1.807, 2.05) is 13.0 Å². The van der Waals surface area contributed by atoms with Crippen molar-refractivity contribution in [1.29, 1.82) is 0 Å². The normalized spacial score (nSPS) is 10.1. The van der Waals surface area contributed by atoms with Gasteiger partial charge in [-0.05, 0) is 36.8 Å². The molecule has 0 fully saturated rings. The van der Waals surface area contributed by atoms with Crippen molar-refractivity contribution in [3.8, 4) is 0 Å². The molecule has 2 rings (SSSR count). The molecule has 0 atom stereocenters. The van der Waals surface area contributed by atoms with Gasteiger partial charge in [-0.2, -0.15) is 0 Å². The molecule has 0 heterocycles. The minimum Gasteiger partial charge on any atom is -0.478 e. The topological polar surface area (TPSA) is 66.4 Å². The van der Waals surface area contributed by atoms with E-state index in [0.29, 0.717) is 16.3 Å². The number of carboxylic acids is 1. The van der Waals surface area contributed by atoms with Crippen LogP contribution in [-0.4, -0.2) is 17.0 Å². The molecule has 0 aliphatic heterocycles. The fourth-order valence-electron chi connectivity index (χ4n) is 1.75. The van der Waals surface area contributed by atoms with Gasteiger partial charge in [0.05, 0.1) is 16.1 Å². The predicted molar refractivity (Wildman–Crippen MR) is 77.5 cm³/mol. The lowest BCUT2D eigenvalue weighted by Crippen LogP contribution is -2.13. The Hall–Kier alpha value is -2.33. The van der Waals surface area contributed by atoms with Crippen LogP contribution in [-0.2, 0) is 0 Å². The highest BCUT2D eigenvalue weighted by molar-refractivity contribution is 6.35. The molecule has 0 aromatic heterocycles. The summed E-state index contributed by atoms with van der Waals surface area (Å²) in [7, 11) is 0. The number of aromatic carboxylic acids is 1. The van der Waals surface area contributed by atoms with Crippen LogP contribution in [0.1, 0.15) is 26.3 Å². The predicted octanol–water partition coefficient (Wildman–Crippen LogP) is 3.60. The third-order valence-electron chi connectivity index (χ3n) is 2.80. The zero-order valence-corrected chi connectivity index (χ0v) is 11.4. The summed E-state index contributed by atoms with van der Waals surface area (Å²) in [5.41, 5.74) is 1.68. The van der Waals surface area contributed by atoms with E-state index < -0.39 is 5.97 Å². The third kappa shape index (κ3) is 2.97. The molecule has 0 aliphatic rings. The van der Waals surface area contributed by atoms with Gasteiger partial charge in [0.2, 0.25) is 0 Å². The van der Waals surface area contributed by atoms with Crippen molar-refractivity contribution >= 4 is 29.2 Å². The molecular formula is C15H12ClNO3. The van der Waals surface area contributed by atoms with Gasteiger partial charge in [0.1, 0.15) is 0 Å². The molecule has 0 bridgehead atoms. The summed E-state index contributed by atoms with van der Waals surface area (Å²) in [5.74, 6) is -1.42. The van der Waals surface area contributed by atoms with Gasteiger partial charge >= 0.3 is 5.97 Å². The first kappa shape index (κ1) is 14.1. The Morgan fingerprint density at radius 3 is 2.55 bits per heavy atom. The van der Waals surface area contributed by atoms with Crippen molar-refractivity contribution in [3.05, 3.63) is 64.2 Å². The number of hydrogen-bond donors (Lipinski definition) is 2. The van der Waals surface area contributed by atoms with Gasteiger partial charge in [0.25, 0.3) is 5.91 Å². The Kier molecular flexibility index (Phi) is 4.05. The van der Waals surface area contributed by atoms with Crippen LogP contribution in [0, 0.1) is 6.92 Å². The van der Waals surface area contributed by atoms with Crippen LogP contribution >= 0.6 is 11.6 Å². The van der Waals surface area contributed by atoms with Gasteiger partial charge in [-0.1, -0.05) is 29.8 Å². The van der Waals surface area contributed by atoms with Crippen LogP contribution < -0.4 is 5.32 Å². The summed E-state index contributed by atoms with van der Waals surface area (Å²) < 4.78 is 0. The van der Waals surface area contributed by atoms with Crippen LogP contribution in [0.4, 0.5) is 5.69 Å².